The molecule has 1 aromatic rings. The molecule has 0 saturated carbocycles. The van der Waals surface area contributed by atoms with E-state index in [-0.39, 0.29) is 11.3 Å². The number of aryl methyl sites for hydroxylation is 1. The summed E-state index contributed by atoms with van der Waals surface area (Å²) in [6, 6.07) is 1.75. The zero-order valence-electron chi connectivity index (χ0n) is 7.47. The average Bonchev–Trinajstić information content (AvgIpc) is 2.12. The summed E-state index contributed by atoms with van der Waals surface area (Å²) in [5.74, 6) is -0.174. The van der Waals surface area contributed by atoms with Gasteiger partial charge < -0.3 is 10.8 Å². The second-order valence-corrected chi connectivity index (χ2v) is 3.84. The first-order valence-corrected chi connectivity index (χ1v) is 4.76. The van der Waals surface area contributed by atoms with E-state index in [1.54, 1.807) is 19.1 Å². The number of rotatable bonds is 2. The predicted molar refractivity (Wildman–Crippen MR) is 53.5 cm³/mol. The van der Waals surface area contributed by atoms with Crippen LogP contribution in [-0.2, 0) is 0 Å². The van der Waals surface area contributed by atoms with Crippen LogP contribution in [0.2, 0.25) is 0 Å². The Bertz CT molecular complexity index is 344. The van der Waals surface area contributed by atoms with Gasteiger partial charge in [0.2, 0.25) is 0 Å². The number of phenols is 1. The number of phenolic OH excluding ortho intramolecular Hbond substituents is 1. The minimum atomic E-state index is -2.70. The fraction of sp³-hybridized carbons (Fsp3) is 0.333. The minimum Gasteiger partial charge on any atom is -0.507 e. The molecule has 0 bridgehead atoms. The highest BCUT2D eigenvalue weighted by Crippen LogP contribution is 2.35. The molecule has 0 spiro atoms. The molecule has 1 rings (SSSR count). The number of aromatic hydroxyl groups is 1. The summed E-state index contributed by atoms with van der Waals surface area (Å²) in [5, 5.41) is 9.55. The van der Waals surface area contributed by atoms with Gasteiger partial charge in [0.15, 0.2) is 0 Å². The van der Waals surface area contributed by atoms with Crippen molar-refractivity contribution in [3.05, 3.63) is 27.7 Å². The Kier molecular flexibility index (Phi) is 3.44. The summed E-state index contributed by atoms with van der Waals surface area (Å²) in [5.41, 5.74) is 5.85. The standard InChI is InChI=1S/C9H10BrF2NO/c1-4-2-3-5(10)6(8(4)14)7(13)9(11)12/h2-3,7,9,14H,13H2,1H3. The molecular formula is C9H10BrF2NO. The highest BCUT2D eigenvalue weighted by atomic mass is 79.9. The van der Waals surface area contributed by atoms with Gasteiger partial charge in [-0.05, 0) is 18.6 Å². The molecular weight excluding hydrogens is 256 g/mol. The Morgan fingerprint density at radius 3 is 2.50 bits per heavy atom. The van der Waals surface area contributed by atoms with E-state index in [9.17, 15) is 13.9 Å². The van der Waals surface area contributed by atoms with Crippen molar-refractivity contribution >= 4 is 15.9 Å². The summed E-state index contributed by atoms with van der Waals surface area (Å²) in [7, 11) is 0. The smallest absolute Gasteiger partial charge is 0.257 e. The van der Waals surface area contributed by atoms with Crippen LogP contribution in [0.4, 0.5) is 8.78 Å². The van der Waals surface area contributed by atoms with Gasteiger partial charge in [0.05, 0.1) is 6.04 Å². The minimum absolute atomic E-state index is 0.0556. The fourth-order valence-electron chi connectivity index (χ4n) is 1.14. The van der Waals surface area contributed by atoms with Crippen molar-refractivity contribution in [3.8, 4) is 5.75 Å². The molecule has 78 valence electrons. The summed E-state index contributed by atoms with van der Waals surface area (Å²) < 4.78 is 25.1. The van der Waals surface area contributed by atoms with E-state index < -0.39 is 12.5 Å². The van der Waals surface area contributed by atoms with Gasteiger partial charge >= 0.3 is 0 Å². The van der Waals surface area contributed by atoms with E-state index in [0.717, 1.165) is 0 Å². The van der Waals surface area contributed by atoms with Crippen LogP contribution in [0, 0.1) is 6.92 Å². The van der Waals surface area contributed by atoms with Crippen molar-refractivity contribution in [2.24, 2.45) is 5.73 Å². The lowest BCUT2D eigenvalue weighted by atomic mass is 10.0. The molecule has 0 fully saturated rings. The molecule has 0 radical (unpaired) electrons. The van der Waals surface area contributed by atoms with Crippen LogP contribution in [0.5, 0.6) is 5.75 Å². The Morgan fingerprint density at radius 1 is 1.43 bits per heavy atom. The molecule has 0 aliphatic rings. The molecule has 2 nitrogen and oxygen atoms in total. The molecule has 0 amide bonds. The second-order valence-electron chi connectivity index (χ2n) is 2.99. The SMILES string of the molecule is Cc1ccc(Br)c(C(N)C(F)F)c1O. The van der Waals surface area contributed by atoms with Gasteiger partial charge in [0.25, 0.3) is 6.43 Å². The van der Waals surface area contributed by atoms with Gasteiger partial charge in [-0.1, -0.05) is 22.0 Å². The first-order chi connectivity index (χ1) is 6.45. The van der Waals surface area contributed by atoms with Gasteiger partial charge in [-0.15, -0.1) is 0 Å². The maximum Gasteiger partial charge on any atom is 0.257 e. The molecule has 5 heteroatoms. The largest absolute Gasteiger partial charge is 0.507 e. The first-order valence-electron chi connectivity index (χ1n) is 3.97. The van der Waals surface area contributed by atoms with Gasteiger partial charge in [-0.25, -0.2) is 8.78 Å². The average molecular weight is 266 g/mol. The molecule has 0 aromatic heterocycles. The third-order valence-corrected chi connectivity index (χ3v) is 2.66. The fourth-order valence-corrected chi connectivity index (χ4v) is 1.72. The van der Waals surface area contributed by atoms with Crippen molar-refractivity contribution in [3.63, 3.8) is 0 Å². The van der Waals surface area contributed by atoms with Gasteiger partial charge in [0.1, 0.15) is 5.75 Å². The zero-order valence-corrected chi connectivity index (χ0v) is 9.05. The van der Waals surface area contributed by atoms with E-state index >= 15 is 0 Å². The topological polar surface area (TPSA) is 46.2 Å². The zero-order chi connectivity index (χ0) is 10.9. The summed E-state index contributed by atoms with van der Waals surface area (Å²) >= 11 is 3.08. The maximum absolute atomic E-state index is 12.3. The molecule has 0 heterocycles. The second kappa shape index (κ2) is 4.23. The van der Waals surface area contributed by atoms with Crippen molar-refractivity contribution in [1.82, 2.24) is 0 Å². The quantitative estimate of drug-likeness (QED) is 0.864. The molecule has 0 aliphatic heterocycles. The highest BCUT2D eigenvalue weighted by Gasteiger charge is 2.23. The molecule has 1 aromatic carbocycles. The van der Waals surface area contributed by atoms with Crippen molar-refractivity contribution in [1.29, 1.82) is 0 Å². The third kappa shape index (κ3) is 2.04. The van der Waals surface area contributed by atoms with Gasteiger partial charge in [-0.3, -0.25) is 0 Å². The Labute approximate surface area is 88.9 Å². The van der Waals surface area contributed by atoms with Crippen LogP contribution in [0.15, 0.2) is 16.6 Å². The van der Waals surface area contributed by atoms with E-state index in [1.807, 2.05) is 0 Å². The van der Waals surface area contributed by atoms with Gasteiger partial charge in [0, 0.05) is 10.0 Å². The van der Waals surface area contributed by atoms with E-state index in [4.69, 9.17) is 5.73 Å². The Morgan fingerprint density at radius 2 is 2.00 bits per heavy atom. The van der Waals surface area contributed by atoms with E-state index in [1.165, 1.54) is 0 Å². The number of alkyl halides is 2. The van der Waals surface area contributed by atoms with Crippen LogP contribution in [-0.4, -0.2) is 11.5 Å². The predicted octanol–water partition coefficient (Wildman–Crippen LogP) is 2.73. The van der Waals surface area contributed by atoms with Crippen molar-refractivity contribution in [2.45, 2.75) is 19.4 Å². The number of hydrogen-bond donors (Lipinski definition) is 2. The Balaban J connectivity index is 3.25. The summed E-state index contributed by atoms with van der Waals surface area (Å²) in [4.78, 5) is 0. The number of halogens is 3. The molecule has 1 unspecified atom stereocenters. The Hall–Kier alpha value is -0.680. The highest BCUT2D eigenvalue weighted by molar-refractivity contribution is 9.10. The van der Waals surface area contributed by atoms with Crippen LogP contribution in [0.25, 0.3) is 0 Å². The molecule has 3 N–H and O–H groups in total. The van der Waals surface area contributed by atoms with Crippen molar-refractivity contribution in [2.75, 3.05) is 0 Å². The van der Waals surface area contributed by atoms with Crippen molar-refractivity contribution < 1.29 is 13.9 Å². The normalized spacial score (nSPS) is 13.3. The lowest BCUT2D eigenvalue weighted by Gasteiger charge is -2.15. The van der Waals surface area contributed by atoms with Crippen LogP contribution < -0.4 is 5.73 Å². The summed E-state index contributed by atoms with van der Waals surface area (Å²) in [6.07, 6.45) is -2.70. The van der Waals surface area contributed by atoms with Gasteiger partial charge in [-0.2, -0.15) is 0 Å². The van der Waals surface area contributed by atoms with Crippen LogP contribution >= 0.6 is 15.9 Å². The lowest BCUT2D eigenvalue weighted by Crippen LogP contribution is -2.19. The monoisotopic (exact) mass is 265 g/mol. The first kappa shape index (κ1) is 11.4. The maximum atomic E-state index is 12.3. The van der Waals surface area contributed by atoms with E-state index in [2.05, 4.69) is 15.9 Å². The van der Waals surface area contributed by atoms with E-state index in [0.29, 0.717) is 10.0 Å². The molecule has 0 saturated heterocycles. The number of benzene rings is 1. The molecule has 1 atom stereocenters. The summed E-state index contributed by atoms with van der Waals surface area (Å²) in [6.45, 7) is 1.63. The third-order valence-electron chi connectivity index (χ3n) is 1.97. The van der Waals surface area contributed by atoms with Crippen LogP contribution in [0.1, 0.15) is 17.2 Å². The lowest BCUT2D eigenvalue weighted by molar-refractivity contribution is 0.115. The molecule has 14 heavy (non-hydrogen) atoms. The number of hydrogen-bond acceptors (Lipinski definition) is 2. The van der Waals surface area contributed by atoms with Crippen LogP contribution in [0.3, 0.4) is 0 Å². The number of nitrogens with two attached hydrogens (primary N) is 1. The molecule has 0 aliphatic carbocycles.